The molecule has 0 spiro atoms. The Kier molecular flexibility index (Phi) is 5.78. The summed E-state index contributed by atoms with van der Waals surface area (Å²) in [6.07, 6.45) is -0.560. The molecular formula is C34H25N3O4. The van der Waals surface area contributed by atoms with Crippen LogP contribution in [0.4, 0.5) is 11.4 Å². The molecule has 2 aliphatic heterocycles. The van der Waals surface area contributed by atoms with Crippen LogP contribution < -0.4 is 15.0 Å². The number of carbonyl (C=O) groups is 3. The molecule has 0 unspecified atom stereocenters. The smallest absolute Gasteiger partial charge is 0.262 e. The maximum atomic E-state index is 14.1. The number of nitrogens with zero attached hydrogens (tertiary/aromatic N) is 2. The van der Waals surface area contributed by atoms with Crippen LogP contribution in [-0.4, -0.2) is 29.7 Å². The predicted octanol–water partition coefficient (Wildman–Crippen LogP) is 6.42. The second-order valence-electron chi connectivity index (χ2n) is 10.1. The van der Waals surface area contributed by atoms with Crippen LogP contribution in [0.15, 0.2) is 109 Å². The third-order valence-electron chi connectivity index (χ3n) is 7.78. The second-order valence-corrected chi connectivity index (χ2v) is 10.1. The lowest BCUT2D eigenvalue weighted by Crippen LogP contribution is -2.43. The van der Waals surface area contributed by atoms with Crippen molar-refractivity contribution in [1.29, 1.82) is 0 Å². The molecular weight excluding hydrogens is 514 g/mol. The molecule has 7 rings (SSSR count). The van der Waals surface area contributed by atoms with E-state index in [1.165, 1.54) is 4.90 Å². The lowest BCUT2D eigenvalue weighted by molar-refractivity contribution is 0.0641. The number of hydrogen-bond donors (Lipinski definition) is 1. The molecule has 0 aliphatic carbocycles. The molecule has 1 atom stereocenters. The Labute approximate surface area is 236 Å². The molecule has 1 N–H and O–H groups in total. The lowest BCUT2D eigenvalue weighted by Gasteiger charge is -2.39. The molecule has 200 valence electrons. The monoisotopic (exact) mass is 539 g/mol. The highest BCUT2D eigenvalue weighted by molar-refractivity contribution is 6.21. The summed E-state index contributed by atoms with van der Waals surface area (Å²) >= 11 is 0. The molecule has 0 fully saturated rings. The zero-order valence-electron chi connectivity index (χ0n) is 22.2. The minimum Gasteiger partial charge on any atom is -0.496 e. The van der Waals surface area contributed by atoms with Crippen LogP contribution in [0.1, 0.15) is 48.4 Å². The number of methoxy groups -OCH3 is 1. The van der Waals surface area contributed by atoms with E-state index in [9.17, 15) is 14.4 Å². The maximum Gasteiger partial charge on any atom is 0.262 e. The summed E-state index contributed by atoms with van der Waals surface area (Å²) in [5.74, 6) is -0.256. The standard InChI is InChI=1S/C34H25N3O4/c1-41-30-18-17-22(19-23(30)20-36-32(38)25-12-4-5-13-26(25)33(36)39)31-35-28-15-7-6-14-27(28)34(40)37(31)29-16-8-10-21-9-2-3-11-24(21)29/h2-19,31,35H,20H2,1H3/t31-/m0/s1. The van der Waals surface area contributed by atoms with E-state index in [-0.39, 0.29) is 24.3 Å². The zero-order valence-corrected chi connectivity index (χ0v) is 22.2. The SMILES string of the molecule is COc1ccc([C@H]2Nc3ccccc3C(=O)N2c2cccc3ccccc23)cc1CN1C(=O)c2ccccc2C1=O. The molecule has 0 radical (unpaired) electrons. The molecule has 0 bridgehead atoms. The predicted molar refractivity (Wildman–Crippen MR) is 157 cm³/mol. The fraction of sp³-hybridized carbons (Fsp3) is 0.0882. The number of rotatable bonds is 5. The van der Waals surface area contributed by atoms with Crippen LogP contribution in [0.5, 0.6) is 5.75 Å². The van der Waals surface area contributed by atoms with Gasteiger partial charge in [-0.3, -0.25) is 24.2 Å². The highest BCUT2D eigenvalue weighted by Gasteiger charge is 2.37. The first-order valence-corrected chi connectivity index (χ1v) is 13.3. The largest absolute Gasteiger partial charge is 0.496 e. The van der Waals surface area contributed by atoms with Gasteiger partial charge in [-0.15, -0.1) is 0 Å². The van der Waals surface area contributed by atoms with Gasteiger partial charge in [0.1, 0.15) is 11.9 Å². The van der Waals surface area contributed by atoms with Crippen molar-refractivity contribution < 1.29 is 19.1 Å². The summed E-state index contributed by atoms with van der Waals surface area (Å²) in [7, 11) is 1.56. The van der Waals surface area contributed by atoms with E-state index in [0.29, 0.717) is 28.0 Å². The van der Waals surface area contributed by atoms with Gasteiger partial charge in [0, 0.05) is 16.6 Å². The molecule has 0 saturated carbocycles. The Hall–Kier alpha value is -5.43. The number of ether oxygens (including phenoxy) is 1. The second kappa shape index (κ2) is 9.64. The Bertz CT molecular complexity index is 1840. The van der Waals surface area contributed by atoms with Gasteiger partial charge in [-0.2, -0.15) is 0 Å². The average Bonchev–Trinajstić information content (AvgIpc) is 3.25. The van der Waals surface area contributed by atoms with Gasteiger partial charge in [0.2, 0.25) is 0 Å². The summed E-state index contributed by atoms with van der Waals surface area (Å²) in [4.78, 5) is 43.4. The van der Waals surface area contributed by atoms with Gasteiger partial charge >= 0.3 is 0 Å². The number of para-hydroxylation sites is 1. The number of anilines is 2. The molecule has 2 aliphatic rings. The van der Waals surface area contributed by atoms with Crippen molar-refractivity contribution in [3.63, 3.8) is 0 Å². The Morgan fingerprint density at radius 2 is 1.37 bits per heavy atom. The minimum absolute atomic E-state index is 0.0366. The molecule has 5 aromatic rings. The quantitative estimate of drug-likeness (QED) is 0.261. The maximum absolute atomic E-state index is 14.1. The van der Waals surface area contributed by atoms with Gasteiger partial charge in [0.05, 0.1) is 36.0 Å². The zero-order chi connectivity index (χ0) is 28.1. The van der Waals surface area contributed by atoms with Gasteiger partial charge in [0.15, 0.2) is 0 Å². The van der Waals surface area contributed by atoms with E-state index >= 15 is 0 Å². The van der Waals surface area contributed by atoms with Crippen molar-refractivity contribution in [1.82, 2.24) is 4.90 Å². The fourth-order valence-electron chi connectivity index (χ4n) is 5.80. The number of fused-ring (bicyclic) bond motifs is 3. The number of amides is 3. The van der Waals surface area contributed by atoms with E-state index in [1.807, 2.05) is 84.9 Å². The molecule has 2 heterocycles. The highest BCUT2D eigenvalue weighted by atomic mass is 16.5. The van der Waals surface area contributed by atoms with Crippen molar-refractivity contribution in [2.24, 2.45) is 0 Å². The van der Waals surface area contributed by atoms with Crippen molar-refractivity contribution in [3.8, 4) is 5.75 Å². The van der Waals surface area contributed by atoms with E-state index in [4.69, 9.17) is 4.74 Å². The van der Waals surface area contributed by atoms with Crippen molar-refractivity contribution in [2.75, 3.05) is 17.3 Å². The van der Waals surface area contributed by atoms with Crippen LogP contribution >= 0.6 is 0 Å². The number of imide groups is 1. The first kappa shape index (κ1) is 24.6. The molecule has 7 nitrogen and oxygen atoms in total. The molecule has 0 saturated heterocycles. The molecule has 3 amide bonds. The number of nitrogens with one attached hydrogen (secondary N) is 1. The van der Waals surface area contributed by atoms with Crippen LogP contribution in [0.25, 0.3) is 10.8 Å². The number of benzene rings is 5. The van der Waals surface area contributed by atoms with Gasteiger partial charge in [-0.25, -0.2) is 0 Å². The summed E-state index contributed by atoms with van der Waals surface area (Å²) in [6, 6.07) is 33.8. The average molecular weight is 540 g/mol. The number of hydrogen-bond acceptors (Lipinski definition) is 5. The first-order valence-electron chi connectivity index (χ1n) is 13.3. The van der Waals surface area contributed by atoms with Gasteiger partial charge in [0.25, 0.3) is 17.7 Å². The van der Waals surface area contributed by atoms with Gasteiger partial charge in [-0.1, -0.05) is 66.7 Å². The third-order valence-corrected chi connectivity index (χ3v) is 7.78. The van der Waals surface area contributed by atoms with Crippen LogP contribution in [0.2, 0.25) is 0 Å². The summed E-state index contributed by atoms with van der Waals surface area (Å²) in [6.45, 7) is 0.0366. The Morgan fingerprint density at radius 1 is 0.707 bits per heavy atom. The van der Waals surface area contributed by atoms with Crippen molar-refractivity contribution >= 4 is 39.9 Å². The lowest BCUT2D eigenvalue weighted by atomic mass is 9.99. The summed E-state index contributed by atoms with van der Waals surface area (Å²) < 4.78 is 5.64. The third kappa shape index (κ3) is 3.93. The van der Waals surface area contributed by atoms with Crippen molar-refractivity contribution in [2.45, 2.75) is 12.7 Å². The fourth-order valence-corrected chi connectivity index (χ4v) is 5.80. The van der Waals surface area contributed by atoms with Crippen LogP contribution in [-0.2, 0) is 6.54 Å². The topological polar surface area (TPSA) is 79.0 Å². The van der Waals surface area contributed by atoms with E-state index in [2.05, 4.69) is 5.32 Å². The molecule has 41 heavy (non-hydrogen) atoms. The number of carbonyl (C=O) groups excluding carboxylic acids is 3. The normalized spacial score (nSPS) is 16.0. The minimum atomic E-state index is -0.560. The summed E-state index contributed by atoms with van der Waals surface area (Å²) in [5.41, 5.74) is 4.32. The molecule has 5 aromatic carbocycles. The Morgan fingerprint density at radius 3 is 2.12 bits per heavy atom. The summed E-state index contributed by atoms with van der Waals surface area (Å²) in [5, 5.41) is 5.54. The molecule has 0 aromatic heterocycles. The van der Waals surface area contributed by atoms with E-state index in [0.717, 1.165) is 27.7 Å². The Balaban J connectivity index is 1.34. The van der Waals surface area contributed by atoms with E-state index in [1.54, 1.807) is 36.3 Å². The van der Waals surface area contributed by atoms with Crippen molar-refractivity contribution in [3.05, 3.63) is 137 Å². The van der Waals surface area contributed by atoms with Crippen LogP contribution in [0.3, 0.4) is 0 Å². The van der Waals surface area contributed by atoms with E-state index < -0.39 is 6.17 Å². The highest BCUT2D eigenvalue weighted by Crippen LogP contribution is 2.40. The van der Waals surface area contributed by atoms with Gasteiger partial charge < -0.3 is 10.1 Å². The van der Waals surface area contributed by atoms with Crippen LogP contribution in [0, 0.1) is 0 Å². The first-order chi connectivity index (χ1) is 20.0. The van der Waals surface area contributed by atoms with Gasteiger partial charge in [-0.05, 0) is 53.4 Å². The molecule has 7 heteroatoms.